The monoisotopic (exact) mass is 420 g/mol. The van der Waals surface area contributed by atoms with Crippen molar-refractivity contribution in [2.45, 2.75) is 43.4 Å². The summed E-state index contributed by atoms with van der Waals surface area (Å²) in [7, 11) is -6.97. The van der Waals surface area contributed by atoms with E-state index in [9.17, 15) is 16.8 Å². The molecule has 1 aliphatic carbocycles. The van der Waals surface area contributed by atoms with Crippen LogP contribution in [0.2, 0.25) is 0 Å². The van der Waals surface area contributed by atoms with Crippen LogP contribution in [0.1, 0.15) is 36.8 Å². The van der Waals surface area contributed by atoms with Crippen molar-refractivity contribution in [2.75, 3.05) is 21.3 Å². The molecule has 1 heterocycles. The molecule has 0 bridgehead atoms. The fraction of sp³-hybridized carbons (Fsp3) is 0.400. The fourth-order valence-corrected chi connectivity index (χ4v) is 6.61. The average Bonchev–Trinajstić information content (AvgIpc) is 2.68. The van der Waals surface area contributed by atoms with E-state index >= 15 is 0 Å². The molecule has 2 aromatic rings. The molecule has 0 unspecified atom stereocenters. The predicted octanol–water partition coefficient (Wildman–Crippen LogP) is 3.30. The van der Waals surface area contributed by atoms with Gasteiger partial charge in [0.2, 0.25) is 10.0 Å². The van der Waals surface area contributed by atoms with E-state index in [2.05, 4.69) is 4.72 Å². The largest absolute Gasteiger partial charge is 0.280 e. The Morgan fingerprint density at radius 2 is 1.57 bits per heavy atom. The number of sulfonamides is 2. The second kappa shape index (κ2) is 7.40. The smallest absolute Gasteiger partial charge is 0.261 e. The van der Waals surface area contributed by atoms with Crippen molar-refractivity contribution in [1.82, 2.24) is 0 Å². The molecule has 2 aliphatic rings. The van der Waals surface area contributed by atoms with E-state index in [0.29, 0.717) is 24.3 Å². The third-order valence-electron chi connectivity index (χ3n) is 5.39. The number of hydrogen-bond acceptors (Lipinski definition) is 4. The molecule has 0 saturated carbocycles. The van der Waals surface area contributed by atoms with Crippen molar-refractivity contribution in [3.05, 3.63) is 53.6 Å². The molecule has 1 aliphatic heterocycles. The third-order valence-corrected chi connectivity index (χ3v) is 8.64. The maximum atomic E-state index is 12.8. The number of nitrogens with zero attached hydrogens (tertiary/aromatic N) is 1. The number of rotatable bonds is 4. The first-order valence-corrected chi connectivity index (χ1v) is 12.7. The Kier molecular flexibility index (Phi) is 5.09. The van der Waals surface area contributed by atoms with Crippen LogP contribution in [0.5, 0.6) is 0 Å². The zero-order chi connectivity index (χ0) is 19.8. The SMILES string of the molecule is O=S(=O)(Nc1ccc(N2CCCCS2(=O)=O)cc1)c1ccc2c(c1)CCCC2. The molecule has 4 rings (SSSR count). The lowest BCUT2D eigenvalue weighted by Crippen LogP contribution is -2.37. The molecule has 28 heavy (non-hydrogen) atoms. The topological polar surface area (TPSA) is 83.6 Å². The van der Waals surface area contributed by atoms with Crippen LogP contribution in [0.25, 0.3) is 0 Å². The maximum absolute atomic E-state index is 12.8. The number of hydrogen-bond donors (Lipinski definition) is 1. The van der Waals surface area contributed by atoms with Gasteiger partial charge in [0, 0.05) is 12.2 Å². The minimum absolute atomic E-state index is 0.152. The van der Waals surface area contributed by atoms with Gasteiger partial charge in [-0.1, -0.05) is 6.07 Å². The van der Waals surface area contributed by atoms with Crippen molar-refractivity contribution in [2.24, 2.45) is 0 Å². The van der Waals surface area contributed by atoms with E-state index in [4.69, 9.17) is 0 Å². The van der Waals surface area contributed by atoms with Gasteiger partial charge in [-0.25, -0.2) is 16.8 Å². The van der Waals surface area contributed by atoms with Crippen molar-refractivity contribution in [3.8, 4) is 0 Å². The molecular formula is C20H24N2O4S2. The molecule has 6 nitrogen and oxygen atoms in total. The van der Waals surface area contributed by atoms with Crippen molar-refractivity contribution < 1.29 is 16.8 Å². The molecule has 1 saturated heterocycles. The fourth-order valence-electron chi connectivity index (χ4n) is 3.87. The van der Waals surface area contributed by atoms with Crippen LogP contribution in [0, 0.1) is 0 Å². The van der Waals surface area contributed by atoms with Gasteiger partial charge < -0.3 is 0 Å². The summed E-state index contributed by atoms with van der Waals surface area (Å²) < 4.78 is 53.9. The molecule has 0 amide bonds. The lowest BCUT2D eigenvalue weighted by molar-refractivity contribution is 0.574. The molecular weight excluding hydrogens is 396 g/mol. The molecule has 150 valence electrons. The van der Waals surface area contributed by atoms with Crippen LogP contribution in [-0.2, 0) is 32.9 Å². The summed E-state index contributed by atoms with van der Waals surface area (Å²) in [5, 5.41) is 0. The van der Waals surface area contributed by atoms with Crippen LogP contribution in [-0.4, -0.2) is 29.1 Å². The maximum Gasteiger partial charge on any atom is 0.261 e. The first-order valence-electron chi connectivity index (χ1n) is 9.60. The molecule has 8 heteroatoms. The molecule has 1 fully saturated rings. The van der Waals surface area contributed by atoms with E-state index < -0.39 is 20.0 Å². The van der Waals surface area contributed by atoms with Gasteiger partial charge in [-0.05, 0) is 86.1 Å². The summed E-state index contributed by atoms with van der Waals surface area (Å²) in [6.07, 6.45) is 5.66. The van der Waals surface area contributed by atoms with E-state index in [1.54, 1.807) is 36.4 Å². The van der Waals surface area contributed by atoms with Crippen molar-refractivity contribution in [1.29, 1.82) is 0 Å². The van der Waals surface area contributed by atoms with Gasteiger partial charge in [-0.3, -0.25) is 9.03 Å². The quantitative estimate of drug-likeness (QED) is 0.823. The summed E-state index contributed by atoms with van der Waals surface area (Å²) in [6, 6.07) is 11.8. The van der Waals surface area contributed by atoms with Crippen LogP contribution in [0.3, 0.4) is 0 Å². The van der Waals surface area contributed by atoms with Gasteiger partial charge in [0.05, 0.1) is 16.3 Å². The highest BCUT2D eigenvalue weighted by Gasteiger charge is 2.26. The Hall–Kier alpha value is -2.06. The Balaban J connectivity index is 1.54. The van der Waals surface area contributed by atoms with Crippen LogP contribution < -0.4 is 9.03 Å². The number of benzene rings is 2. The minimum Gasteiger partial charge on any atom is -0.280 e. The number of aryl methyl sites for hydroxylation is 2. The molecule has 0 radical (unpaired) electrons. The number of nitrogens with one attached hydrogen (secondary N) is 1. The zero-order valence-corrected chi connectivity index (χ0v) is 17.2. The molecule has 0 spiro atoms. The summed E-state index contributed by atoms with van der Waals surface area (Å²) >= 11 is 0. The van der Waals surface area contributed by atoms with Gasteiger partial charge in [-0.15, -0.1) is 0 Å². The Labute approximate surface area is 166 Å². The number of fused-ring (bicyclic) bond motifs is 1. The highest BCUT2D eigenvalue weighted by molar-refractivity contribution is 7.93. The van der Waals surface area contributed by atoms with Gasteiger partial charge in [0.1, 0.15) is 0 Å². The standard InChI is InChI=1S/C20H24N2O4S2/c23-27(24)14-4-3-13-22(27)19-10-8-18(9-11-19)21-28(25,26)20-12-7-16-5-1-2-6-17(16)15-20/h7-12,15,21H,1-6,13-14H2. The van der Waals surface area contributed by atoms with E-state index in [1.165, 1.54) is 9.87 Å². The summed E-state index contributed by atoms with van der Waals surface area (Å²) in [5.74, 6) is 0.152. The third kappa shape index (κ3) is 3.89. The van der Waals surface area contributed by atoms with Gasteiger partial charge >= 0.3 is 0 Å². The first kappa shape index (κ1) is 19.3. The van der Waals surface area contributed by atoms with E-state index in [0.717, 1.165) is 37.7 Å². The Bertz CT molecular complexity index is 1080. The van der Waals surface area contributed by atoms with Gasteiger partial charge in [-0.2, -0.15) is 0 Å². The highest BCUT2D eigenvalue weighted by Crippen LogP contribution is 2.27. The second-order valence-electron chi connectivity index (χ2n) is 7.39. The Morgan fingerprint density at radius 1 is 0.857 bits per heavy atom. The van der Waals surface area contributed by atoms with Crippen molar-refractivity contribution >= 4 is 31.4 Å². The normalized spacial score (nSPS) is 19.1. The van der Waals surface area contributed by atoms with Crippen molar-refractivity contribution in [3.63, 3.8) is 0 Å². The lowest BCUT2D eigenvalue weighted by atomic mass is 9.92. The molecule has 1 N–H and O–H groups in total. The second-order valence-corrected chi connectivity index (χ2v) is 11.1. The summed E-state index contributed by atoms with van der Waals surface area (Å²) in [6.45, 7) is 0.461. The van der Waals surface area contributed by atoms with Gasteiger partial charge in [0.15, 0.2) is 0 Å². The minimum atomic E-state index is -3.69. The average molecular weight is 421 g/mol. The Morgan fingerprint density at radius 3 is 2.29 bits per heavy atom. The molecule has 0 atom stereocenters. The highest BCUT2D eigenvalue weighted by atomic mass is 32.2. The van der Waals surface area contributed by atoms with Crippen LogP contribution in [0.4, 0.5) is 11.4 Å². The predicted molar refractivity (Wildman–Crippen MR) is 111 cm³/mol. The molecule has 2 aromatic carbocycles. The van der Waals surface area contributed by atoms with Crippen LogP contribution in [0.15, 0.2) is 47.4 Å². The van der Waals surface area contributed by atoms with Gasteiger partial charge in [0.25, 0.3) is 10.0 Å². The zero-order valence-electron chi connectivity index (χ0n) is 15.6. The van der Waals surface area contributed by atoms with E-state index in [-0.39, 0.29) is 10.6 Å². The summed E-state index contributed by atoms with van der Waals surface area (Å²) in [5.41, 5.74) is 3.32. The van der Waals surface area contributed by atoms with E-state index in [1.807, 2.05) is 6.07 Å². The summed E-state index contributed by atoms with van der Waals surface area (Å²) in [4.78, 5) is 0.260. The number of anilines is 2. The lowest BCUT2D eigenvalue weighted by Gasteiger charge is -2.28. The molecule has 0 aromatic heterocycles. The van der Waals surface area contributed by atoms with Crippen LogP contribution >= 0.6 is 0 Å². The first-order chi connectivity index (χ1) is 13.4.